The van der Waals surface area contributed by atoms with Gasteiger partial charge < -0.3 is 10.1 Å². The number of carbonyl (C=O) groups excluding carboxylic acids is 1. The molecule has 134 valence electrons. The number of nitrogens with one attached hydrogen (secondary N) is 1. The Morgan fingerprint density at radius 3 is 2.56 bits per heavy atom. The Bertz CT molecular complexity index is 698. The minimum Gasteiger partial charge on any atom is -0.480 e. The van der Waals surface area contributed by atoms with Gasteiger partial charge in [-0.2, -0.15) is 0 Å². The third-order valence-electron chi connectivity index (χ3n) is 4.13. The maximum atomic E-state index is 12.9. The van der Waals surface area contributed by atoms with E-state index in [1.165, 1.54) is 12.1 Å². The summed E-state index contributed by atoms with van der Waals surface area (Å²) in [7, 11) is 0. The molecule has 0 aliphatic heterocycles. The Morgan fingerprint density at radius 2 is 1.88 bits per heavy atom. The van der Waals surface area contributed by atoms with Crippen LogP contribution in [0.3, 0.4) is 0 Å². The van der Waals surface area contributed by atoms with Crippen molar-refractivity contribution in [2.75, 3.05) is 6.54 Å². The fourth-order valence-corrected chi connectivity index (χ4v) is 2.58. The number of hydrogen-bond donors (Lipinski definition) is 1. The molecule has 0 aromatic heterocycles. The molecule has 0 aliphatic carbocycles. The molecule has 0 heterocycles. The number of halogens is 1. The summed E-state index contributed by atoms with van der Waals surface area (Å²) in [6.07, 6.45) is 1.72. The fraction of sp³-hybridized carbons (Fsp3) is 0.381. The van der Waals surface area contributed by atoms with E-state index in [1.54, 1.807) is 12.1 Å². The van der Waals surface area contributed by atoms with E-state index in [-0.39, 0.29) is 11.7 Å². The summed E-state index contributed by atoms with van der Waals surface area (Å²) in [4.78, 5) is 12.3. The van der Waals surface area contributed by atoms with Crippen molar-refractivity contribution in [3.8, 4) is 5.75 Å². The van der Waals surface area contributed by atoms with E-state index >= 15 is 0 Å². The van der Waals surface area contributed by atoms with Crippen molar-refractivity contribution in [3.63, 3.8) is 0 Å². The zero-order valence-corrected chi connectivity index (χ0v) is 15.1. The van der Waals surface area contributed by atoms with Crippen molar-refractivity contribution in [1.29, 1.82) is 0 Å². The molecule has 1 N–H and O–H groups in total. The van der Waals surface area contributed by atoms with Crippen LogP contribution in [0.15, 0.2) is 42.5 Å². The Labute approximate surface area is 149 Å². The molecule has 0 saturated heterocycles. The Kier molecular flexibility index (Phi) is 6.99. The van der Waals surface area contributed by atoms with Gasteiger partial charge in [0, 0.05) is 6.54 Å². The van der Waals surface area contributed by atoms with Gasteiger partial charge in [-0.25, -0.2) is 4.39 Å². The van der Waals surface area contributed by atoms with Crippen LogP contribution in [0.5, 0.6) is 5.75 Å². The molecule has 2 aromatic carbocycles. The highest BCUT2D eigenvalue weighted by molar-refractivity contribution is 5.81. The lowest BCUT2D eigenvalue weighted by atomic mass is 10.1. The van der Waals surface area contributed by atoms with Crippen molar-refractivity contribution in [2.24, 2.45) is 0 Å². The van der Waals surface area contributed by atoms with E-state index in [9.17, 15) is 9.18 Å². The molecular weight excluding hydrogens is 317 g/mol. The quantitative estimate of drug-likeness (QED) is 0.724. The summed E-state index contributed by atoms with van der Waals surface area (Å²) in [6.45, 7) is 6.49. The van der Waals surface area contributed by atoms with Gasteiger partial charge in [-0.05, 0) is 68.0 Å². The van der Waals surface area contributed by atoms with Crippen LogP contribution < -0.4 is 10.1 Å². The second-order valence-electron chi connectivity index (χ2n) is 6.30. The third kappa shape index (κ3) is 5.89. The van der Waals surface area contributed by atoms with Crippen molar-refractivity contribution in [2.45, 2.75) is 46.1 Å². The molecule has 0 aliphatic rings. The van der Waals surface area contributed by atoms with E-state index in [4.69, 9.17) is 4.74 Å². The molecule has 3 nitrogen and oxygen atoms in total. The summed E-state index contributed by atoms with van der Waals surface area (Å²) < 4.78 is 18.8. The lowest BCUT2D eigenvalue weighted by Crippen LogP contribution is -2.38. The molecule has 0 spiro atoms. The molecule has 25 heavy (non-hydrogen) atoms. The molecule has 1 amide bonds. The van der Waals surface area contributed by atoms with Gasteiger partial charge in [0.05, 0.1) is 0 Å². The zero-order chi connectivity index (χ0) is 18.2. The van der Waals surface area contributed by atoms with Crippen LogP contribution in [0.2, 0.25) is 0 Å². The zero-order valence-electron chi connectivity index (χ0n) is 15.1. The highest BCUT2D eigenvalue weighted by Crippen LogP contribution is 2.21. The van der Waals surface area contributed by atoms with E-state index in [0.29, 0.717) is 13.0 Å². The van der Waals surface area contributed by atoms with E-state index in [1.807, 2.05) is 39.0 Å². The number of aryl methyl sites for hydroxylation is 3. The summed E-state index contributed by atoms with van der Waals surface area (Å²) in [5, 5.41) is 2.93. The molecule has 1 atom stereocenters. The normalized spacial score (nSPS) is 11.8. The van der Waals surface area contributed by atoms with Gasteiger partial charge in [0.1, 0.15) is 11.6 Å². The summed E-state index contributed by atoms with van der Waals surface area (Å²) in [5.41, 5.74) is 3.19. The first-order valence-corrected chi connectivity index (χ1v) is 8.75. The first-order chi connectivity index (χ1) is 12.0. The Balaban J connectivity index is 1.81. The number of carbonyl (C=O) groups is 1. The topological polar surface area (TPSA) is 38.3 Å². The minimum atomic E-state index is -0.494. The van der Waals surface area contributed by atoms with Gasteiger partial charge in [0.2, 0.25) is 0 Å². The lowest BCUT2D eigenvalue weighted by molar-refractivity contribution is -0.128. The first kappa shape index (κ1) is 19.0. The number of hydrogen-bond acceptors (Lipinski definition) is 2. The molecule has 0 saturated carbocycles. The predicted octanol–water partition coefficient (Wildman–Crippen LogP) is 4.35. The first-order valence-electron chi connectivity index (χ1n) is 8.75. The third-order valence-corrected chi connectivity index (χ3v) is 4.13. The fourth-order valence-electron chi connectivity index (χ4n) is 2.58. The number of benzene rings is 2. The molecule has 0 radical (unpaired) electrons. The van der Waals surface area contributed by atoms with Crippen LogP contribution in [-0.2, 0) is 11.2 Å². The monoisotopic (exact) mass is 343 g/mol. The highest BCUT2D eigenvalue weighted by Gasteiger charge is 2.18. The summed E-state index contributed by atoms with van der Waals surface area (Å²) >= 11 is 0. The number of ether oxygens (including phenoxy) is 1. The number of rotatable bonds is 8. The lowest BCUT2D eigenvalue weighted by Gasteiger charge is -2.19. The Morgan fingerprint density at radius 1 is 1.16 bits per heavy atom. The van der Waals surface area contributed by atoms with Crippen LogP contribution in [0.4, 0.5) is 4.39 Å². The average molecular weight is 343 g/mol. The van der Waals surface area contributed by atoms with Gasteiger partial charge >= 0.3 is 0 Å². The van der Waals surface area contributed by atoms with Gasteiger partial charge in [-0.1, -0.05) is 31.2 Å². The van der Waals surface area contributed by atoms with Crippen LogP contribution >= 0.6 is 0 Å². The van der Waals surface area contributed by atoms with Gasteiger partial charge in [0.25, 0.3) is 5.91 Å². The molecular formula is C21H26FNO2. The maximum absolute atomic E-state index is 12.9. The SMILES string of the molecule is CC[C@@H](Oc1cc(C)ccc1C)C(=O)NCCCc1ccc(F)cc1. The molecule has 2 aromatic rings. The summed E-state index contributed by atoms with van der Waals surface area (Å²) in [6, 6.07) is 12.4. The van der Waals surface area contributed by atoms with Gasteiger partial charge in [-0.3, -0.25) is 4.79 Å². The molecule has 0 fully saturated rings. The molecule has 0 unspecified atom stereocenters. The van der Waals surface area contributed by atoms with Crippen LogP contribution in [0.1, 0.15) is 36.5 Å². The predicted molar refractivity (Wildman–Crippen MR) is 98.4 cm³/mol. The standard InChI is InChI=1S/C21H26FNO2/c1-4-19(25-20-14-15(2)7-8-16(20)3)21(24)23-13-5-6-17-9-11-18(22)12-10-17/h7-12,14,19H,4-6,13H2,1-3H3,(H,23,24)/t19-/m1/s1. The van der Waals surface area contributed by atoms with Crippen molar-refractivity contribution >= 4 is 5.91 Å². The van der Waals surface area contributed by atoms with Crippen molar-refractivity contribution in [1.82, 2.24) is 5.32 Å². The van der Waals surface area contributed by atoms with Gasteiger partial charge in [-0.15, -0.1) is 0 Å². The maximum Gasteiger partial charge on any atom is 0.261 e. The molecule has 0 bridgehead atoms. The second-order valence-corrected chi connectivity index (χ2v) is 6.30. The largest absolute Gasteiger partial charge is 0.480 e. The van der Waals surface area contributed by atoms with E-state index < -0.39 is 6.10 Å². The van der Waals surface area contributed by atoms with Crippen molar-refractivity contribution in [3.05, 3.63) is 65.0 Å². The average Bonchev–Trinajstić information content (AvgIpc) is 2.60. The Hall–Kier alpha value is -2.36. The van der Waals surface area contributed by atoms with Crippen molar-refractivity contribution < 1.29 is 13.9 Å². The smallest absolute Gasteiger partial charge is 0.261 e. The summed E-state index contributed by atoms with van der Waals surface area (Å²) in [5.74, 6) is 0.433. The highest BCUT2D eigenvalue weighted by atomic mass is 19.1. The van der Waals surface area contributed by atoms with E-state index in [2.05, 4.69) is 5.32 Å². The van der Waals surface area contributed by atoms with Crippen LogP contribution in [-0.4, -0.2) is 18.6 Å². The van der Waals surface area contributed by atoms with E-state index in [0.717, 1.165) is 35.3 Å². The van der Waals surface area contributed by atoms with Gasteiger partial charge in [0.15, 0.2) is 6.10 Å². The second kappa shape index (κ2) is 9.21. The number of amides is 1. The van der Waals surface area contributed by atoms with Crippen LogP contribution in [0.25, 0.3) is 0 Å². The molecule has 2 rings (SSSR count). The minimum absolute atomic E-state index is 0.0949. The van der Waals surface area contributed by atoms with Crippen LogP contribution in [0, 0.1) is 19.7 Å². The molecule has 4 heteroatoms.